The van der Waals surface area contributed by atoms with Gasteiger partial charge in [0, 0.05) is 31.5 Å². The van der Waals surface area contributed by atoms with Crippen LogP contribution in [-0.2, 0) is 19.1 Å². The highest BCUT2D eigenvalue weighted by Gasteiger charge is 2.24. The molecule has 1 aromatic carbocycles. The minimum atomic E-state index is -0.241. The van der Waals surface area contributed by atoms with E-state index < -0.39 is 0 Å². The van der Waals surface area contributed by atoms with Crippen molar-refractivity contribution in [2.75, 3.05) is 11.9 Å². The second-order valence-corrected chi connectivity index (χ2v) is 9.92. The number of aryl methyl sites for hydroxylation is 1. The molecule has 4 aromatic rings. The summed E-state index contributed by atoms with van der Waals surface area (Å²) in [5.41, 5.74) is 4.89. The van der Waals surface area contributed by atoms with E-state index in [0.29, 0.717) is 18.2 Å². The van der Waals surface area contributed by atoms with Crippen LogP contribution in [0.3, 0.4) is 0 Å². The highest BCUT2D eigenvalue weighted by atomic mass is 16.2. The van der Waals surface area contributed by atoms with Gasteiger partial charge in [-0.1, -0.05) is 17.3 Å². The summed E-state index contributed by atoms with van der Waals surface area (Å²) in [6.07, 6.45) is 7.79. The minimum absolute atomic E-state index is 0.135. The molecule has 11 nitrogen and oxygen atoms in total. The maximum Gasteiger partial charge on any atom is 0.273 e. The van der Waals surface area contributed by atoms with E-state index in [2.05, 4.69) is 53.5 Å². The number of amides is 1. The SMILES string of the molecule is Cn1cc(Nc2nccc(-c3ccc4c(c3)CNCCC4NC(=O)c3cn(C(C)(C)C)nn3)n2)cn1. The standard InChI is InChI=1S/C25H30N10O/c1-25(2,3)35-15-22(32-33-35)23(36)30-21-7-9-26-12-17-11-16(5-6-19(17)21)20-8-10-27-24(31-20)29-18-13-28-34(4)14-18/h5-6,8,10-11,13-15,21,26H,7,9,12H2,1-4H3,(H,30,36)(H,27,29,31). The summed E-state index contributed by atoms with van der Waals surface area (Å²) in [6, 6.07) is 7.99. The monoisotopic (exact) mass is 486 g/mol. The van der Waals surface area contributed by atoms with Crippen molar-refractivity contribution in [3.8, 4) is 11.3 Å². The smallest absolute Gasteiger partial charge is 0.273 e. The molecule has 0 spiro atoms. The van der Waals surface area contributed by atoms with Gasteiger partial charge >= 0.3 is 0 Å². The van der Waals surface area contributed by atoms with E-state index in [4.69, 9.17) is 0 Å². The quantitative estimate of drug-likeness (QED) is 0.393. The lowest BCUT2D eigenvalue weighted by Gasteiger charge is -2.19. The summed E-state index contributed by atoms with van der Waals surface area (Å²) in [5, 5.41) is 22.2. The Morgan fingerprint density at radius 3 is 2.81 bits per heavy atom. The summed E-state index contributed by atoms with van der Waals surface area (Å²) >= 11 is 0. The zero-order chi connectivity index (χ0) is 25.3. The van der Waals surface area contributed by atoms with Gasteiger partial charge in [-0.2, -0.15) is 5.10 Å². The third kappa shape index (κ3) is 5.10. The summed E-state index contributed by atoms with van der Waals surface area (Å²) in [4.78, 5) is 22.0. The molecule has 3 N–H and O–H groups in total. The van der Waals surface area contributed by atoms with Gasteiger partial charge in [0.25, 0.3) is 5.91 Å². The van der Waals surface area contributed by atoms with Crippen molar-refractivity contribution in [2.24, 2.45) is 7.05 Å². The normalized spacial score (nSPS) is 15.7. The number of carbonyl (C=O) groups excluding carboxylic acids is 1. The van der Waals surface area contributed by atoms with Gasteiger partial charge in [-0.3, -0.25) is 9.48 Å². The number of hydrogen-bond donors (Lipinski definition) is 3. The van der Waals surface area contributed by atoms with Crippen LogP contribution in [0.4, 0.5) is 11.6 Å². The number of nitrogens with zero attached hydrogens (tertiary/aromatic N) is 7. The lowest BCUT2D eigenvalue weighted by molar-refractivity contribution is 0.0930. The average Bonchev–Trinajstić information content (AvgIpc) is 3.46. The number of benzene rings is 1. The molecule has 1 aliphatic rings. The first-order valence-electron chi connectivity index (χ1n) is 11.9. The van der Waals surface area contributed by atoms with Gasteiger partial charge in [0.05, 0.1) is 35.4 Å². The van der Waals surface area contributed by atoms with Crippen LogP contribution >= 0.6 is 0 Å². The Morgan fingerprint density at radius 1 is 1.19 bits per heavy atom. The molecule has 1 aliphatic heterocycles. The van der Waals surface area contributed by atoms with Gasteiger partial charge < -0.3 is 16.0 Å². The summed E-state index contributed by atoms with van der Waals surface area (Å²) in [7, 11) is 1.86. The average molecular weight is 487 g/mol. The van der Waals surface area contributed by atoms with Gasteiger partial charge in [-0.15, -0.1) is 5.10 Å². The van der Waals surface area contributed by atoms with Crippen LogP contribution in [0.1, 0.15) is 54.8 Å². The fourth-order valence-electron chi connectivity index (χ4n) is 4.16. The molecule has 1 unspecified atom stereocenters. The predicted molar refractivity (Wildman–Crippen MR) is 136 cm³/mol. The number of fused-ring (bicyclic) bond motifs is 1. The first-order chi connectivity index (χ1) is 17.3. The molecule has 0 saturated carbocycles. The van der Waals surface area contributed by atoms with E-state index in [0.717, 1.165) is 41.0 Å². The number of rotatable bonds is 5. The third-order valence-corrected chi connectivity index (χ3v) is 6.07. The Morgan fingerprint density at radius 2 is 2.06 bits per heavy atom. The molecule has 3 aromatic heterocycles. The molecule has 1 atom stereocenters. The van der Waals surface area contributed by atoms with E-state index in [1.54, 1.807) is 28.0 Å². The number of aromatic nitrogens is 7. The number of anilines is 2. The van der Waals surface area contributed by atoms with Crippen LogP contribution in [0, 0.1) is 0 Å². The maximum absolute atomic E-state index is 13.0. The van der Waals surface area contributed by atoms with Crippen molar-refractivity contribution in [1.82, 2.24) is 45.4 Å². The molecule has 0 bridgehead atoms. The van der Waals surface area contributed by atoms with Crippen molar-refractivity contribution in [1.29, 1.82) is 0 Å². The van der Waals surface area contributed by atoms with Crippen LogP contribution in [0.15, 0.2) is 49.1 Å². The highest BCUT2D eigenvalue weighted by Crippen LogP contribution is 2.29. The molecule has 11 heteroatoms. The van der Waals surface area contributed by atoms with E-state index in [1.165, 1.54) is 0 Å². The van der Waals surface area contributed by atoms with Crippen molar-refractivity contribution in [3.05, 3.63) is 65.9 Å². The molecule has 4 heterocycles. The van der Waals surface area contributed by atoms with Gasteiger partial charge in [-0.25, -0.2) is 14.6 Å². The number of nitrogens with one attached hydrogen (secondary N) is 3. The molecule has 0 aliphatic carbocycles. The van der Waals surface area contributed by atoms with Crippen molar-refractivity contribution in [3.63, 3.8) is 0 Å². The molecule has 0 fully saturated rings. The first-order valence-corrected chi connectivity index (χ1v) is 11.9. The fraction of sp³-hybridized carbons (Fsp3) is 0.360. The van der Waals surface area contributed by atoms with Gasteiger partial charge in [0.2, 0.25) is 5.95 Å². The van der Waals surface area contributed by atoms with E-state index >= 15 is 0 Å². The Kier molecular flexibility index (Phi) is 6.23. The van der Waals surface area contributed by atoms with Crippen LogP contribution in [0.2, 0.25) is 0 Å². The molecule has 36 heavy (non-hydrogen) atoms. The topological polar surface area (TPSA) is 127 Å². The third-order valence-electron chi connectivity index (χ3n) is 6.07. The predicted octanol–water partition coefficient (Wildman–Crippen LogP) is 2.93. The van der Waals surface area contributed by atoms with Crippen molar-refractivity contribution < 1.29 is 4.79 Å². The molecule has 0 saturated heterocycles. The summed E-state index contributed by atoms with van der Waals surface area (Å²) < 4.78 is 3.42. The summed E-state index contributed by atoms with van der Waals surface area (Å²) in [6.45, 7) is 7.55. The second-order valence-electron chi connectivity index (χ2n) is 9.92. The molecule has 1 amide bonds. The van der Waals surface area contributed by atoms with E-state index in [9.17, 15) is 4.79 Å². The molecule has 0 radical (unpaired) electrons. The van der Waals surface area contributed by atoms with Crippen molar-refractivity contribution >= 4 is 17.5 Å². The highest BCUT2D eigenvalue weighted by molar-refractivity contribution is 5.92. The fourth-order valence-corrected chi connectivity index (χ4v) is 4.16. The van der Waals surface area contributed by atoms with Gasteiger partial charge in [0.15, 0.2) is 5.69 Å². The molecular formula is C25H30N10O. The molecular weight excluding hydrogens is 456 g/mol. The first kappa shape index (κ1) is 23.6. The zero-order valence-corrected chi connectivity index (χ0v) is 20.9. The maximum atomic E-state index is 13.0. The van der Waals surface area contributed by atoms with Gasteiger partial charge in [0.1, 0.15) is 0 Å². The Labute approximate surface area is 209 Å². The summed E-state index contributed by atoms with van der Waals surface area (Å²) in [5.74, 6) is 0.274. The second kappa shape index (κ2) is 9.50. The molecule has 5 rings (SSSR count). The van der Waals surface area contributed by atoms with Crippen molar-refractivity contribution in [2.45, 2.75) is 45.3 Å². The minimum Gasteiger partial charge on any atom is -0.344 e. The van der Waals surface area contributed by atoms with Crippen LogP contribution < -0.4 is 16.0 Å². The Bertz CT molecular complexity index is 1380. The van der Waals surface area contributed by atoms with Gasteiger partial charge in [-0.05, 0) is 57.0 Å². The Balaban J connectivity index is 1.36. The Hall–Kier alpha value is -4.12. The lowest BCUT2D eigenvalue weighted by atomic mass is 9.96. The van der Waals surface area contributed by atoms with Crippen LogP contribution in [-0.4, -0.2) is 47.2 Å². The lowest BCUT2D eigenvalue weighted by Crippen LogP contribution is -2.30. The largest absolute Gasteiger partial charge is 0.344 e. The van der Waals surface area contributed by atoms with E-state index in [1.807, 2.05) is 46.1 Å². The van der Waals surface area contributed by atoms with Crippen LogP contribution in [0.25, 0.3) is 11.3 Å². The van der Waals surface area contributed by atoms with Crippen LogP contribution in [0.5, 0.6) is 0 Å². The number of hydrogen-bond acceptors (Lipinski definition) is 8. The molecule has 186 valence electrons. The zero-order valence-electron chi connectivity index (χ0n) is 20.9. The number of carbonyl (C=O) groups is 1. The van der Waals surface area contributed by atoms with E-state index in [-0.39, 0.29) is 17.5 Å².